The van der Waals surface area contributed by atoms with Gasteiger partial charge in [0.25, 0.3) is 11.8 Å². The molecule has 3 aromatic rings. The number of H-pyrrole nitrogens is 1. The number of aromatic amines is 1. The third kappa shape index (κ3) is 2.88. The fourth-order valence-electron chi connectivity index (χ4n) is 3.06. The second-order valence-corrected chi connectivity index (χ2v) is 6.14. The van der Waals surface area contributed by atoms with E-state index in [2.05, 4.69) is 15.5 Å². The Hall–Kier alpha value is -3.35. The molecule has 0 unspecified atom stereocenters. The van der Waals surface area contributed by atoms with Crippen LogP contribution in [-0.4, -0.2) is 41.7 Å². The van der Waals surface area contributed by atoms with Crippen molar-refractivity contribution in [1.82, 2.24) is 15.5 Å². The molecule has 26 heavy (non-hydrogen) atoms. The molecule has 7 nitrogen and oxygen atoms in total. The SMILES string of the molecule is Cc1[nH]nc2ccc(C(=O)NCCN3C(=O)COc4ccccc43)cc12. The van der Waals surface area contributed by atoms with Gasteiger partial charge in [-0.05, 0) is 37.3 Å². The van der Waals surface area contributed by atoms with Crippen LogP contribution in [0.3, 0.4) is 0 Å². The Labute approximate surface area is 149 Å². The van der Waals surface area contributed by atoms with Crippen LogP contribution in [0.4, 0.5) is 5.69 Å². The summed E-state index contributed by atoms with van der Waals surface area (Å²) in [5, 5.41) is 10.9. The maximum absolute atomic E-state index is 12.4. The van der Waals surface area contributed by atoms with Gasteiger partial charge in [-0.2, -0.15) is 5.10 Å². The highest BCUT2D eigenvalue weighted by atomic mass is 16.5. The number of hydrogen-bond donors (Lipinski definition) is 2. The molecular weight excluding hydrogens is 332 g/mol. The average molecular weight is 350 g/mol. The zero-order chi connectivity index (χ0) is 18.1. The molecule has 1 aliphatic heterocycles. The van der Waals surface area contributed by atoms with Gasteiger partial charge in [0.2, 0.25) is 0 Å². The first-order valence-corrected chi connectivity index (χ1v) is 8.38. The summed E-state index contributed by atoms with van der Waals surface area (Å²) in [7, 11) is 0. The Morgan fingerprint density at radius 2 is 2.15 bits per heavy atom. The number of nitrogens with zero attached hydrogens (tertiary/aromatic N) is 2. The Bertz CT molecular complexity index is 995. The number of benzene rings is 2. The van der Waals surface area contributed by atoms with Crippen LogP contribution in [-0.2, 0) is 4.79 Å². The van der Waals surface area contributed by atoms with Crippen LogP contribution in [0.1, 0.15) is 16.1 Å². The van der Waals surface area contributed by atoms with Gasteiger partial charge in [-0.25, -0.2) is 0 Å². The summed E-state index contributed by atoms with van der Waals surface area (Å²) in [6.07, 6.45) is 0. The predicted molar refractivity (Wildman–Crippen MR) is 97.5 cm³/mol. The van der Waals surface area contributed by atoms with Gasteiger partial charge in [-0.1, -0.05) is 12.1 Å². The van der Waals surface area contributed by atoms with Crippen molar-refractivity contribution in [3.05, 3.63) is 53.7 Å². The maximum Gasteiger partial charge on any atom is 0.265 e. The van der Waals surface area contributed by atoms with E-state index < -0.39 is 0 Å². The van der Waals surface area contributed by atoms with Crippen molar-refractivity contribution >= 4 is 28.4 Å². The monoisotopic (exact) mass is 350 g/mol. The van der Waals surface area contributed by atoms with E-state index in [4.69, 9.17) is 4.74 Å². The number of aryl methyl sites for hydroxylation is 1. The smallest absolute Gasteiger partial charge is 0.265 e. The number of ether oxygens (including phenoxy) is 1. The van der Waals surface area contributed by atoms with Crippen LogP contribution < -0.4 is 15.0 Å². The second kappa shape index (κ2) is 6.51. The van der Waals surface area contributed by atoms with Crippen LogP contribution in [0.5, 0.6) is 5.75 Å². The Balaban J connectivity index is 1.43. The quantitative estimate of drug-likeness (QED) is 0.754. The van der Waals surface area contributed by atoms with E-state index in [-0.39, 0.29) is 18.4 Å². The standard InChI is InChI=1S/C19H18N4O3/c1-12-14-10-13(6-7-15(14)22-21-12)19(25)20-8-9-23-16-4-2-3-5-17(16)26-11-18(23)24/h2-7,10H,8-9,11H2,1H3,(H,20,25)(H,21,22). The van der Waals surface area contributed by atoms with Gasteiger partial charge in [-0.3, -0.25) is 14.7 Å². The van der Waals surface area contributed by atoms with Gasteiger partial charge >= 0.3 is 0 Å². The third-order valence-electron chi connectivity index (χ3n) is 4.44. The van der Waals surface area contributed by atoms with Crippen LogP contribution in [0.15, 0.2) is 42.5 Å². The van der Waals surface area contributed by atoms with E-state index in [1.165, 1.54) is 0 Å². The summed E-state index contributed by atoms with van der Waals surface area (Å²) in [6, 6.07) is 12.8. The molecule has 0 aliphatic carbocycles. The van der Waals surface area contributed by atoms with Crippen LogP contribution in [0, 0.1) is 6.92 Å². The van der Waals surface area contributed by atoms with E-state index in [9.17, 15) is 9.59 Å². The first-order chi connectivity index (χ1) is 12.6. The molecule has 0 bridgehead atoms. The number of para-hydroxylation sites is 2. The number of anilines is 1. The van der Waals surface area contributed by atoms with E-state index in [0.717, 1.165) is 22.3 Å². The number of fused-ring (bicyclic) bond motifs is 2. The highest BCUT2D eigenvalue weighted by molar-refractivity contribution is 5.99. The molecular formula is C19H18N4O3. The van der Waals surface area contributed by atoms with Crippen molar-refractivity contribution in [1.29, 1.82) is 0 Å². The average Bonchev–Trinajstić information content (AvgIpc) is 3.04. The lowest BCUT2D eigenvalue weighted by Gasteiger charge is -2.29. The Morgan fingerprint density at radius 3 is 3.04 bits per heavy atom. The minimum Gasteiger partial charge on any atom is -0.482 e. The number of carbonyl (C=O) groups is 2. The van der Waals surface area contributed by atoms with E-state index in [0.29, 0.717) is 24.4 Å². The molecule has 1 aromatic heterocycles. The van der Waals surface area contributed by atoms with Crippen molar-refractivity contribution < 1.29 is 14.3 Å². The summed E-state index contributed by atoms with van der Waals surface area (Å²) in [4.78, 5) is 26.2. The summed E-state index contributed by atoms with van der Waals surface area (Å²) in [6.45, 7) is 2.67. The number of amides is 2. The minimum absolute atomic E-state index is 0.0153. The zero-order valence-electron chi connectivity index (χ0n) is 14.3. The molecule has 0 fully saturated rings. The summed E-state index contributed by atoms with van der Waals surface area (Å²) >= 11 is 0. The van der Waals surface area contributed by atoms with Gasteiger partial charge in [0.1, 0.15) is 5.75 Å². The highest BCUT2D eigenvalue weighted by Gasteiger charge is 2.24. The molecule has 132 valence electrons. The van der Waals surface area contributed by atoms with Gasteiger partial charge in [0.05, 0.1) is 11.2 Å². The fourth-order valence-corrected chi connectivity index (χ4v) is 3.06. The largest absolute Gasteiger partial charge is 0.482 e. The lowest BCUT2D eigenvalue weighted by molar-refractivity contribution is -0.121. The molecule has 2 aromatic carbocycles. The molecule has 4 rings (SSSR count). The van der Waals surface area contributed by atoms with Gasteiger partial charge in [0, 0.05) is 29.7 Å². The molecule has 2 N–H and O–H groups in total. The summed E-state index contributed by atoms with van der Waals surface area (Å²) in [5.41, 5.74) is 3.05. The molecule has 0 atom stereocenters. The Morgan fingerprint density at radius 1 is 1.31 bits per heavy atom. The number of rotatable bonds is 4. The van der Waals surface area contributed by atoms with Gasteiger partial charge in [0.15, 0.2) is 6.61 Å². The van der Waals surface area contributed by atoms with E-state index in [1.807, 2.05) is 43.3 Å². The normalized spacial score (nSPS) is 13.4. The molecule has 0 radical (unpaired) electrons. The molecule has 2 amide bonds. The lowest BCUT2D eigenvalue weighted by Crippen LogP contribution is -2.43. The van der Waals surface area contributed by atoms with Crippen molar-refractivity contribution in [2.75, 3.05) is 24.6 Å². The number of carbonyl (C=O) groups excluding carboxylic acids is 2. The first-order valence-electron chi connectivity index (χ1n) is 8.38. The van der Waals surface area contributed by atoms with Crippen LogP contribution >= 0.6 is 0 Å². The maximum atomic E-state index is 12.4. The number of hydrogen-bond acceptors (Lipinski definition) is 4. The summed E-state index contributed by atoms with van der Waals surface area (Å²) < 4.78 is 5.42. The van der Waals surface area contributed by atoms with Crippen LogP contribution in [0.2, 0.25) is 0 Å². The van der Waals surface area contributed by atoms with Crippen molar-refractivity contribution in [3.63, 3.8) is 0 Å². The van der Waals surface area contributed by atoms with E-state index in [1.54, 1.807) is 11.0 Å². The van der Waals surface area contributed by atoms with Gasteiger partial charge < -0.3 is 15.0 Å². The first kappa shape index (κ1) is 16.1. The minimum atomic E-state index is -0.179. The molecule has 1 aliphatic rings. The number of aromatic nitrogens is 2. The molecule has 0 saturated heterocycles. The van der Waals surface area contributed by atoms with E-state index >= 15 is 0 Å². The predicted octanol–water partition coefficient (Wildman–Crippen LogP) is 2.03. The fraction of sp³-hybridized carbons (Fsp3) is 0.211. The molecule has 0 spiro atoms. The Kier molecular flexibility index (Phi) is 4.04. The van der Waals surface area contributed by atoms with Crippen LogP contribution in [0.25, 0.3) is 10.9 Å². The molecule has 7 heteroatoms. The zero-order valence-corrected chi connectivity index (χ0v) is 14.3. The molecule has 0 saturated carbocycles. The van der Waals surface area contributed by atoms with Gasteiger partial charge in [-0.15, -0.1) is 0 Å². The lowest BCUT2D eigenvalue weighted by atomic mass is 10.1. The third-order valence-corrected chi connectivity index (χ3v) is 4.44. The van der Waals surface area contributed by atoms with Crippen molar-refractivity contribution in [3.8, 4) is 5.75 Å². The second-order valence-electron chi connectivity index (χ2n) is 6.14. The van der Waals surface area contributed by atoms with Crippen molar-refractivity contribution in [2.45, 2.75) is 6.92 Å². The number of nitrogens with one attached hydrogen (secondary N) is 2. The highest BCUT2D eigenvalue weighted by Crippen LogP contribution is 2.31. The summed E-state index contributed by atoms with van der Waals surface area (Å²) in [5.74, 6) is 0.384. The molecule has 2 heterocycles. The van der Waals surface area contributed by atoms with Crippen molar-refractivity contribution in [2.24, 2.45) is 0 Å². The topological polar surface area (TPSA) is 87.3 Å².